The number of benzene rings is 1. The smallest absolute Gasteiger partial charge is 0.315 e. The van der Waals surface area contributed by atoms with Crippen LogP contribution in [0.5, 0.6) is 0 Å². The Labute approximate surface area is 128 Å². The summed E-state index contributed by atoms with van der Waals surface area (Å²) in [7, 11) is 0. The third-order valence-electron chi connectivity index (χ3n) is 3.80. The van der Waals surface area contributed by atoms with E-state index >= 15 is 0 Å². The van der Waals surface area contributed by atoms with E-state index < -0.39 is 5.82 Å². The number of halogens is 2. The van der Waals surface area contributed by atoms with E-state index in [-0.39, 0.29) is 41.6 Å². The highest BCUT2D eigenvalue weighted by atomic mass is 35.5. The van der Waals surface area contributed by atoms with Crippen LogP contribution in [0.25, 0.3) is 0 Å². The number of carbonyl (C=O) groups excluding carboxylic acids is 1. The summed E-state index contributed by atoms with van der Waals surface area (Å²) in [5, 5.41) is 14.9. The number of hydrogen-bond donors (Lipinski definition) is 3. The van der Waals surface area contributed by atoms with Gasteiger partial charge in [0.1, 0.15) is 5.82 Å². The Hall–Kier alpha value is -1.33. The van der Waals surface area contributed by atoms with Crippen molar-refractivity contribution in [2.75, 3.05) is 6.61 Å². The third-order valence-corrected chi connectivity index (χ3v) is 4.10. The summed E-state index contributed by atoms with van der Waals surface area (Å²) < 4.78 is 13.4. The fourth-order valence-corrected chi connectivity index (χ4v) is 2.39. The molecule has 0 radical (unpaired) electrons. The molecule has 0 heterocycles. The molecule has 2 amide bonds. The Kier molecular flexibility index (Phi) is 5.06. The summed E-state index contributed by atoms with van der Waals surface area (Å²) in [6.07, 6.45) is 0.778. The molecule has 0 bridgehead atoms. The molecule has 2 rings (SSSR count). The molecule has 116 valence electrons. The van der Waals surface area contributed by atoms with Gasteiger partial charge in [-0.25, -0.2) is 9.18 Å². The number of aliphatic hydroxyl groups excluding tert-OH is 1. The normalized spacial score (nSPS) is 22.0. The van der Waals surface area contributed by atoms with Gasteiger partial charge in [-0.15, -0.1) is 0 Å². The van der Waals surface area contributed by atoms with Gasteiger partial charge >= 0.3 is 6.03 Å². The van der Waals surface area contributed by atoms with Crippen LogP contribution in [0, 0.1) is 11.7 Å². The molecular weight excluding hydrogens is 295 g/mol. The van der Waals surface area contributed by atoms with Crippen molar-refractivity contribution in [2.24, 2.45) is 5.92 Å². The second-order valence-electron chi connectivity index (χ2n) is 5.77. The van der Waals surface area contributed by atoms with Gasteiger partial charge in [-0.2, -0.15) is 0 Å². The summed E-state index contributed by atoms with van der Waals surface area (Å²) in [6, 6.07) is 4.15. The zero-order valence-electron chi connectivity index (χ0n) is 12.1. The van der Waals surface area contributed by atoms with Crippen LogP contribution in [-0.2, 0) is 0 Å². The van der Waals surface area contributed by atoms with Crippen molar-refractivity contribution in [1.82, 2.24) is 10.6 Å². The number of nitrogens with one attached hydrogen (secondary N) is 2. The topological polar surface area (TPSA) is 61.4 Å². The van der Waals surface area contributed by atoms with Crippen LogP contribution >= 0.6 is 11.6 Å². The highest BCUT2D eigenvalue weighted by molar-refractivity contribution is 6.30. The summed E-state index contributed by atoms with van der Waals surface area (Å²) >= 11 is 5.65. The quantitative estimate of drug-likeness (QED) is 0.782. The first-order valence-electron chi connectivity index (χ1n) is 7.05. The van der Waals surface area contributed by atoms with E-state index in [1.54, 1.807) is 6.07 Å². The van der Waals surface area contributed by atoms with Crippen molar-refractivity contribution in [1.29, 1.82) is 0 Å². The van der Waals surface area contributed by atoms with Crippen molar-refractivity contribution >= 4 is 17.6 Å². The summed E-state index contributed by atoms with van der Waals surface area (Å²) in [5.41, 5.74) is 0.838. The number of hydrogen-bond acceptors (Lipinski definition) is 2. The first-order valence-corrected chi connectivity index (χ1v) is 7.43. The van der Waals surface area contributed by atoms with Gasteiger partial charge < -0.3 is 15.7 Å². The Bertz CT molecular complexity index is 524. The van der Waals surface area contributed by atoms with Crippen LogP contribution in [-0.4, -0.2) is 29.8 Å². The molecule has 1 fully saturated rings. The second-order valence-corrected chi connectivity index (χ2v) is 6.18. The molecule has 3 atom stereocenters. The molecule has 1 aromatic carbocycles. The lowest BCUT2D eigenvalue weighted by molar-refractivity contribution is 0.198. The lowest BCUT2D eigenvalue weighted by Gasteiger charge is -2.20. The Balaban J connectivity index is 1.86. The maximum Gasteiger partial charge on any atom is 0.315 e. The average Bonchev–Trinajstić information content (AvgIpc) is 3.18. The van der Waals surface area contributed by atoms with Crippen molar-refractivity contribution in [2.45, 2.75) is 38.3 Å². The minimum Gasteiger partial charge on any atom is -0.394 e. The van der Waals surface area contributed by atoms with Crippen LogP contribution in [0.1, 0.15) is 31.7 Å². The molecule has 3 N–H and O–H groups in total. The first-order chi connectivity index (χ1) is 9.92. The van der Waals surface area contributed by atoms with E-state index in [0.717, 1.165) is 12.0 Å². The first kappa shape index (κ1) is 16.0. The Morgan fingerprint density at radius 1 is 1.52 bits per heavy atom. The third kappa shape index (κ3) is 4.08. The monoisotopic (exact) mass is 314 g/mol. The van der Waals surface area contributed by atoms with E-state index in [1.807, 2.05) is 13.8 Å². The lowest BCUT2D eigenvalue weighted by Crippen LogP contribution is -2.47. The van der Waals surface area contributed by atoms with Crippen LogP contribution in [0.2, 0.25) is 5.02 Å². The Morgan fingerprint density at radius 3 is 2.81 bits per heavy atom. The molecular formula is C15H20ClFN2O2. The second kappa shape index (κ2) is 6.62. The van der Waals surface area contributed by atoms with Crippen molar-refractivity contribution in [3.63, 3.8) is 0 Å². The molecule has 6 heteroatoms. The summed E-state index contributed by atoms with van der Waals surface area (Å²) in [4.78, 5) is 11.8. The number of amides is 2. The zero-order valence-corrected chi connectivity index (χ0v) is 12.8. The zero-order chi connectivity index (χ0) is 15.6. The number of rotatable bonds is 5. The molecule has 1 saturated carbocycles. The van der Waals surface area contributed by atoms with Gasteiger partial charge in [0.2, 0.25) is 0 Å². The van der Waals surface area contributed by atoms with Crippen molar-refractivity contribution in [3.05, 3.63) is 34.6 Å². The molecule has 0 aliphatic heterocycles. The predicted octanol–water partition coefficient (Wildman–Crippen LogP) is 2.65. The van der Waals surface area contributed by atoms with Crippen LogP contribution < -0.4 is 10.6 Å². The maximum absolute atomic E-state index is 13.4. The van der Waals surface area contributed by atoms with E-state index in [0.29, 0.717) is 0 Å². The van der Waals surface area contributed by atoms with Crippen LogP contribution in [0.3, 0.4) is 0 Å². The molecule has 21 heavy (non-hydrogen) atoms. The highest BCUT2D eigenvalue weighted by Gasteiger charge is 2.40. The van der Waals surface area contributed by atoms with Gasteiger partial charge in [0, 0.05) is 12.0 Å². The molecule has 0 saturated heterocycles. The highest BCUT2D eigenvalue weighted by Crippen LogP contribution is 2.41. The van der Waals surface area contributed by atoms with E-state index in [4.69, 9.17) is 11.6 Å². The van der Waals surface area contributed by atoms with E-state index in [1.165, 1.54) is 12.1 Å². The van der Waals surface area contributed by atoms with E-state index in [2.05, 4.69) is 10.6 Å². The number of aliphatic hydroxyl groups is 1. The average molecular weight is 315 g/mol. The SMILES string of the molecule is CC(C)[C@H](CO)NC(=O)N[C@@H]1C[C@H]1c1ccc(Cl)c(F)c1. The minimum absolute atomic E-state index is 0.00270. The van der Waals surface area contributed by atoms with Gasteiger partial charge in [-0.05, 0) is 30.0 Å². The van der Waals surface area contributed by atoms with Crippen molar-refractivity contribution < 1.29 is 14.3 Å². The fourth-order valence-electron chi connectivity index (χ4n) is 2.27. The number of carbonyl (C=O) groups is 1. The summed E-state index contributed by atoms with van der Waals surface area (Å²) in [6.45, 7) is 3.76. The summed E-state index contributed by atoms with van der Waals surface area (Å²) in [5.74, 6) is -0.167. The standard InChI is InChI=1S/C15H20ClFN2O2/c1-8(2)14(7-20)19-15(21)18-13-6-10(13)9-3-4-11(16)12(17)5-9/h3-5,8,10,13-14,20H,6-7H2,1-2H3,(H2,18,19,21)/t10-,13+,14-/m0/s1. The van der Waals surface area contributed by atoms with Gasteiger partial charge in [0.05, 0.1) is 17.7 Å². The Morgan fingerprint density at radius 2 is 2.24 bits per heavy atom. The molecule has 4 nitrogen and oxygen atoms in total. The predicted molar refractivity (Wildman–Crippen MR) is 79.9 cm³/mol. The molecule has 1 aromatic rings. The molecule has 1 aliphatic rings. The van der Waals surface area contributed by atoms with Crippen LogP contribution in [0.4, 0.5) is 9.18 Å². The lowest BCUT2D eigenvalue weighted by atomic mass is 10.1. The minimum atomic E-state index is -0.440. The number of urea groups is 1. The van der Waals surface area contributed by atoms with E-state index in [9.17, 15) is 14.3 Å². The van der Waals surface area contributed by atoms with Crippen molar-refractivity contribution in [3.8, 4) is 0 Å². The molecule has 1 aliphatic carbocycles. The molecule has 0 aromatic heterocycles. The van der Waals surface area contributed by atoms with Gasteiger partial charge in [-0.1, -0.05) is 31.5 Å². The maximum atomic E-state index is 13.4. The fraction of sp³-hybridized carbons (Fsp3) is 0.533. The molecule has 0 unspecified atom stereocenters. The largest absolute Gasteiger partial charge is 0.394 e. The van der Waals surface area contributed by atoms with Crippen LogP contribution in [0.15, 0.2) is 18.2 Å². The van der Waals surface area contributed by atoms with Gasteiger partial charge in [-0.3, -0.25) is 0 Å². The van der Waals surface area contributed by atoms with Gasteiger partial charge in [0.25, 0.3) is 0 Å². The van der Waals surface area contributed by atoms with Gasteiger partial charge in [0.15, 0.2) is 0 Å². The molecule has 0 spiro atoms.